The standard InChI is InChI=1S/C23H25N5O3/c29-22(26-16-8-10-17-9-4-5-13-19(17)26)28-23(30)27(24-25-28)20-14-6-7-15-21(20)31-18-11-2-1-3-12-18/h1-3,6-7,11-12,14-15,17,19H,4-5,8-10,13,16H2. The highest BCUT2D eigenvalue weighted by Gasteiger charge is 2.37. The molecule has 1 amide bonds. The van der Waals surface area contributed by atoms with Crippen molar-refractivity contribution in [2.24, 2.45) is 5.92 Å². The number of benzene rings is 2. The van der Waals surface area contributed by atoms with E-state index in [4.69, 9.17) is 4.74 Å². The van der Waals surface area contributed by atoms with Gasteiger partial charge in [0.05, 0.1) is 0 Å². The fourth-order valence-corrected chi connectivity index (χ4v) is 4.84. The molecule has 1 saturated heterocycles. The summed E-state index contributed by atoms with van der Waals surface area (Å²) in [7, 11) is 0. The lowest BCUT2D eigenvalue weighted by atomic mass is 9.78. The highest BCUT2D eigenvalue weighted by atomic mass is 16.5. The van der Waals surface area contributed by atoms with Crippen molar-refractivity contribution in [2.45, 2.75) is 44.6 Å². The number of fused-ring (bicyclic) bond motifs is 1. The Morgan fingerprint density at radius 2 is 1.65 bits per heavy atom. The van der Waals surface area contributed by atoms with Crippen LogP contribution in [-0.4, -0.2) is 43.3 Å². The van der Waals surface area contributed by atoms with Crippen LogP contribution in [-0.2, 0) is 0 Å². The van der Waals surface area contributed by atoms with E-state index in [2.05, 4.69) is 10.4 Å². The summed E-state index contributed by atoms with van der Waals surface area (Å²) in [5, 5.41) is 7.92. The molecule has 2 aliphatic rings. The summed E-state index contributed by atoms with van der Waals surface area (Å²) in [5.74, 6) is 1.63. The molecule has 31 heavy (non-hydrogen) atoms. The number of tetrazole rings is 1. The Hall–Kier alpha value is -3.42. The van der Waals surface area contributed by atoms with E-state index < -0.39 is 5.69 Å². The first kappa shape index (κ1) is 19.5. The van der Waals surface area contributed by atoms with Gasteiger partial charge in [0.1, 0.15) is 11.4 Å². The number of piperidine rings is 1. The van der Waals surface area contributed by atoms with Gasteiger partial charge < -0.3 is 9.64 Å². The Morgan fingerprint density at radius 1 is 0.903 bits per heavy atom. The van der Waals surface area contributed by atoms with Gasteiger partial charge in [-0.05, 0) is 66.3 Å². The third-order valence-corrected chi connectivity index (χ3v) is 6.32. The van der Waals surface area contributed by atoms with Gasteiger partial charge in [-0.1, -0.05) is 43.2 Å². The van der Waals surface area contributed by atoms with Gasteiger partial charge in [0, 0.05) is 12.6 Å². The minimum atomic E-state index is -0.591. The molecule has 0 bridgehead atoms. The molecular formula is C23H25N5O3. The molecule has 8 nitrogen and oxygen atoms in total. The largest absolute Gasteiger partial charge is 0.455 e. The lowest BCUT2D eigenvalue weighted by molar-refractivity contribution is 0.0828. The maximum Gasteiger partial charge on any atom is 0.377 e. The van der Waals surface area contributed by atoms with Crippen molar-refractivity contribution in [1.29, 1.82) is 0 Å². The van der Waals surface area contributed by atoms with Gasteiger partial charge in [-0.2, -0.15) is 4.68 Å². The number of amides is 1. The van der Waals surface area contributed by atoms with Crippen molar-refractivity contribution in [3.05, 3.63) is 65.1 Å². The van der Waals surface area contributed by atoms with Crippen LogP contribution in [0.2, 0.25) is 0 Å². The number of carbonyl (C=O) groups is 1. The number of nitrogens with zero attached hydrogens (tertiary/aromatic N) is 5. The van der Waals surface area contributed by atoms with Crippen molar-refractivity contribution in [2.75, 3.05) is 6.54 Å². The SMILES string of the molecule is O=C(N1CCCC2CCCCC21)n1nnn(-c2ccccc2Oc2ccccc2)c1=O. The highest BCUT2D eigenvalue weighted by molar-refractivity contribution is 5.76. The molecule has 0 radical (unpaired) electrons. The van der Waals surface area contributed by atoms with Crippen LogP contribution in [0.3, 0.4) is 0 Å². The van der Waals surface area contributed by atoms with Gasteiger partial charge in [0.15, 0.2) is 5.75 Å². The Kier molecular flexibility index (Phi) is 5.28. The van der Waals surface area contributed by atoms with Crippen LogP contribution in [0.15, 0.2) is 59.4 Å². The van der Waals surface area contributed by atoms with Crippen molar-refractivity contribution in [1.82, 2.24) is 24.7 Å². The third kappa shape index (κ3) is 3.73. The smallest absolute Gasteiger partial charge is 0.377 e. The number of carbonyl (C=O) groups excluding carboxylic acids is 1. The lowest BCUT2D eigenvalue weighted by Gasteiger charge is -2.43. The molecule has 1 aromatic heterocycles. The summed E-state index contributed by atoms with van der Waals surface area (Å²) in [6, 6.07) is 16.2. The Labute approximate surface area is 180 Å². The highest BCUT2D eigenvalue weighted by Crippen LogP contribution is 2.35. The predicted molar refractivity (Wildman–Crippen MR) is 115 cm³/mol. The minimum Gasteiger partial charge on any atom is -0.455 e. The van der Waals surface area contributed by atoms with E-state index in [1.54, 1.807) is 18.2 Å². The van der Waals surface area contributed by atoms with E-state index in [1.807, 2.05) is 41.3 Å². The number of hydrogen-bond donors (Lipinski definition) is 0. The quantitative estimate of drug-likeness (QED) is 0.603. The summed E-state index contributed by atoms with van der Waals surface area (Å²) in [6.07, 6.45) is 6.60. The zero-order valence-electron chi connectivity index (χ0n) is 17.3. The molecule has 2 fully saturated rings. The van der Waals surface area contributed by atoms with Crippen LogP contribution in [0.5, 0.6) is 11.5 Å². The second-order valence-corrected chi connectivity index (χ2v) is 8.20. The first-order valence-electron chi connectivity index (χ1n) is 10.9. The second kappa shape index (κ2) is 8.37. The second-order valence-electron chi connectivity index (χ2n) is 8.20. The van der Waals surface area contributed by atoms with Crippen LogP contribution in [0.1, 0.15) is 38.5 Å². The normalized spacial score (nSPS) is 20.8. The molecular weight excluding hydrogens is 394 g/mol. The number of ether oxygens (including phenoxy) is 1. The van der Waals surface area contributed by atoms with Crippen LogP contribution < -0.4 is 10.4 Å². The van der Waals surface area contributed by atoms with E-state index in [9.17, 15) is 9.59 Å². The van der Waals surface area contributed by atoms with Crippen LogP contribution >= 0.6 is 0 Å². The van der Waals surface area contributed by atoms with E-state index in [0.29, 0.717) is 29.6 Å². The average molecular weight is 419 g/mol. The predicted octanol–water partition coefficient (Wildman–Crippen LogP) is 3.84. The van der Waals surface area contributed by atoms with Crippen LogP contribution in [0.25, 0.3) is 5.69 Å². The summed E-state index contributed by atoms with van der Waals surface area (Å²) >= 11 is 0. The first-order valence-corrected chi connectivity index (χ1v) is 10.9. The molecule has 2 unspecified atom stereocenters. The molecule has 8 heteroatoms. The maximum atomic E-state index is 13.2. The number of para-hydroxylation sites is 3. The van der Waals surface area contributed by atoms with Crippen LogP contribution in [0.4, 0.5) is 4.79 Å². The molecule has 2 heterocycles. The summed E-state index contributed by atoms with van der Waals surface area (Å²) in [6.45, 7) is 0.660. The van der Waals surface area contributed by atoms with Crippen molar-refractivity contribution >= 4 is 6.03 Å². The minimum absolute atomic E-state index is 0.195. The molecule has 0 spiro atoms. The molecule has 0 N–H and O–H groups in total. The lowest BCUT2D eigenvalue weighted by Crippen LogP contribution is -2.52. The van der Waals surface area contributed by atoms with Gasteiger partial charge in [-0.25, -0.2) is 9.59 Å². The van der Waals surface area contributed by atoms with E-state index in [-0.39, 0.29) is 12.1 Å². The Bertz CT molecular complexity index is 1120. The number of likely N-dealkylation sites (tertiary alicyclic amines) is 1. The van der Waals surface area contributed by atoms with Gasteiger partial charge >= 0.3 is 11.7 Å². The fraction of sp³-hybridized carbons (Fsp3) is 0.391. The number of aromatic nitrogens is 4. The molecule has 2 aromatic carbocycles. The van der Waals surface area contributed by atoms with Crippen LogP contribution in [0, 0.1) is 5.92 Å². The average Bonchev–Trinajstić information content (AvgIpc) is 3.20. The molecule has 1 aliphatic carbocycles. The zero-order chi connectivity index (χ0) is 21.2. The Morgan fingerprint density at radius 3 is 2.52 bits per heavy atom. The van der Waals surface area contributed by atoms with Crippen molar-refractivity contribution in [3.8, 4) is 17.2 Å². The zero-order valence-corrected chi connectivity index (χ0v) is 17.3. The molecule has 5 rings (SSSR count). The Balaban J connectivity index is 1.45. The fourth-order valence-electron chi connectivity index (χ4n) is 4.84. The van der Waals surface area contributed by atoms with E-state index >= 15 is 0 Å². The molecule has 160 valence electrons. The van der Waals surface area contributed by atoms with Gasteiger partial charge in [-0.3, -0.25) is 0 Å². The van der Waals surface area contributed by atoms with Gasteiger partial charge in [0.25, 0.3) is 0 Å². The molecule has 3 aromatic rings. The molecule has 1 aliphatic heterocycles. The maximum absolute atomic E-state index is 13.2. The number of rotatable bonds is 3. The summed E-state index contributed by atoms with van der Waals surface area (Å²) in [4.78, 5) is 28.2. The van der Waals surface area contributed by atoms with Gasteiger partial charge in [0.2, 0.25) is 0 Å². The number of hydrogen-bond acceptors (Lipinski definition) is 5. The molecule has 2 atom stereocenters. The monoisotopic (exact) mass is 419 g/mol. The molecule has 1 saturated carbocycles. The van der Waals surface area contributed by atoms with Gasteiger partial charge in [-0.15, -0.1) is 4.68 Å². The summed E-state index contributed by atoms with van der Waals surface area (Å²) in [5.41, 5.74) is -0.156. The summed E-state index contributed by atoms with van der Waals surface area (Å²) < 4.78 is 7.95. The van der Waals surface area contributed by atoms with E-state index in [1.165, 1.54) is 6.42 Å². The first-order chi connectivity index (χ1) is 15.2. The topological polar surface area (TPSA) is 82.2 Å². The third-order valence-electron chi connectivity index (χ3n) is 6.32. The van der Waals surface area contributed by atoms with Crippen molar-refractivity contribution < 1.29 is 9.53 Å². The van der Waals surface area contributed by atoms with E-state index in [0.717, 1.165) is 41.5 Å². The van der Waals surface area contributed by atoms with Crippen molar-refractivity contribution in [3.63, 3.8) is 0 Å².